The molecule has 1 saturated heterocycles. The molecule has 176 valence electrons. The molecule has 0 radical (unpaired) electrons. The first-order valence-electron chi connectivity index (χ1n) is 12.1. The Labute approximate surface area is 196 Å². The Morgan fingerprint density at radius 2 is 1.73 bits per heavy atom. The largest absolute Gasteiger partial charge is 0.493 e. The standard InChI is InChI=1S/C27H34N2O4/c1-3-16-33-23-15-14-21(17-24(23)32-2)26-27(31)28(22-12-8-5-9-13-22)19-25(30)29(26)18-20-10-6-4-7-11-20/h4,6-7,10-11,14-15,17,22,26H,3,5,8-9,12-13,16,18-19H2,1-2H3/t26-/m0/s1. The predicted molar refractivity (Wildman–Crippen MR) is 127 cm³/mol. The Morgan fingerprint density at radius 1 is 0.970 bits per heavy atom. The normalized spacial score (nSPS) is 19.6. The van der Waals surface area contributed by atoms with Gasteiger partial charge in [0, 0.05) is 12.6 Å². The average Bonchev–Trinajstić information content (AvgIpc) is 2.86. The number of carbonyl (C=O) groups excluding carboxylic acids is 2. The Morgan fingerprint density at radius 3 is 2.42 bits per heavy atom. The minimum atomic E-state index is -0.678. The number of amides is 2. The maximum absolute atomic E-state index is 13.9. The van der Waals surface area contributed by atoms with Crippen molar-refractivity contribution >= 4 is 11.8 Å². The molecule has 1 aliphatic heterocycles. The maximum atomic E-state index is 13.9. The molecule has 0 aromatic heterocycles. The second-order valence-corrected chi connectivity index (χ2v) is 8.93. The van der Waals surface area contributed by atoms with Gasteiger partial charge in [-0.3, -0.25) is 9.59 Å². The third-order valence-corrected chi connectivity index (χ3v) is 6.63. The first kappa shape index (κ1) is 23.1. The van der Waals surface area contributed by atoms with Gasteiger partial charge in [-0.25, -0.2) is 0 Å². The summed E-state index contributed by atoms with van der Waals surface area (Å²) in [7, 11) is 1.60. The van der Waals surface area contributed by atoms with Crippen molar-refractivity contribution in [3.63, 3.8) is 0 Å². The summed E-state index contributed by atoms with van der Waals surface area (Å²) >= 11 is 0. The number of hydrogen-bond donors (Lipinski definition) is 0. The lowest BCUT2D eigenvalue weighted by Crippen LogP contribution is -2.58. The first-order chi connectivity index (χ1) is 16.1. The van der Waals surface area contributed by atoms with Crippen molar-refractivity contribution in [3.8, 4) is 11.5 Å². The van der Waals surface area contributed by atoms with Crippen LogP contribution < -0.4 is 9.47 Å². The van der Waals surface area contributed by atoms with Crippen molar-refractivity contribution in [1.82, 2.24) is 9.80 Å². The van der Waals surface area contributed by atoms with Gasteiger partial charge in [-0.05, 0) is 42.5 Å². The van der Waals surface area contributed by atoms with E-state index < -0.39 is 6.04 Å². The van der Waals surface area contributed by atoms with Crippen LogP contribution in [0.15, 0.2) is 48.5 Å². The number of rotatable bonds is 8. The van der Waals surface area contributed by atoms with E-state index in [1.807, 2.05) is 53.4 Å². The van der Waals surface area contributed by atoms with Crippen LogP contribution in [0.5, 0.6) is 11.5 Å². The number of methoxy groups -OCH3 is 1. The van der Waals surface area contributed by atoms with Crippen LogP contribution in [0, 0.1) is 0 Å². The second kappa shape index (κ2) is 10.7. The molecule has 6 heteroatoms. The summed E-state index contributed by atoms with van der Waals surface area (Å²) in [6.45, 7) is 3.19. The Hall–Kier alpha value is -3.02. The molecular formula is C27H34N2O4. The molecule has 0 unspecified atom stereocenters. The van der Waals surface area contributed by atoms with E-state index in [0.717, 1.165) is 43.2 Å². The molecule has 6 nitrogen and oxygen atoms in total. The average molecular weight is 451 g/mol. The summed E-state index contributed by atoms with van der Waals surface area (Å²) < 4.78 is 11.4. The van der Waals surface area contributed by atoms with Crippen molar-refractivity contribution in [3.05, 3.63) is 59.7 Å². The molecule has 2 amide bonds. The lowest BCUT2D eigenvalue weighted by Gasteiger charge is -2.44. The molecule has 1 aliphatic carbocycles. The van der Waals surface area contributed by atoms with E-state index in [2.05, 4.69) is 6.92 Å². The Balaban J connectivity index is 1.69. The highest BCUT2D eigenvalue weighted by Gasteiger charge is 2.43. The van der Waals surface area contributed by atoms with E-state index in [0.29, 0.717) is 24.7 Å². The van der Waals surface area contributed by atoms with Crippen LogP contribution in [0.25, 0.3) is 0 Å². The summed E-state index contributed by atoms with van der Waals surface area (Å²) in [5, 5.41) is 0. The minimum Gasteiger partial charge on any atom is -0.493 e. The molecule has 2 fully saturated rings. The van der Waals surface area contributed by atoms with E-state index >= 15 is 0 Å². The number of carbonyl (C=O) groups is 2. The Bertz CT molecular complexity index is 956. The lowest BCUT2D eigenvalue weighted by atomic mass is 9.91. The zero-order valence-corrected chi connectivity index (χ0v) is 19.7. The third kappa shape index (κ3) is 5.15. The number of piperazine rings is 1. The van der Waals surface area contributed by atoms with Gasteiger partial charge in [-0.15, -0.1) is 0 Å². The van der Waals surface area contributed by atoms with E-state index in [-0.39, 0.29) is 24.4 Å². The summed E-state index contributed by atoms with van der Waals surface area (Å²) in [6, 6.07) is 14.9. The molecular weight excluding hydrogens is 416 g/mol. The molecule has 33 heavy (non-hydrogen) atoms. The van der Waals surface area contributed by atoms with Crippen molar-refractivity contribution < 1.29 is 19.1 Å². The third-order valence-electron chi connectivity index (χ3n) is 6.63. The summed E-state index contributed by atoms with van der Waals surface area (Å²) in [6.07, 6.45) is 6.25. The van der Waals surface area contributed by atoms with Gasteiger partial charge >= 0.3 is 0 Å². The van der Waals surface area contributed by atoms with Gasteiger partial charge < -0.3 is 19.3 Å². The minimum absolute atomic E-state index is 0.00158. The highest BCUT2D eigenvalue weighted by Crippen LogP contribution is 2.37. The predicted octanol–water partition coefficient (Wildman–Crippen LogP) is 4.73. The van der Waals surface area contributed by atoms with Gasteiger partial charge in [0.25, 0.3) is 5.91 Å². The molecule has 2 aromatic rings. The fourth-order valence-corrected chi connectivity index (χ4v) is 4.92. The number of ether oxygens (including phenoxy) is 2. The highest BCUT2D eigenvalue weighted by molar-refractivity contribution is 5.96. The highest BCUT2D eigenvalue weighted by atomic mass is 16.5. The molecule has 0 bridgehead atoms. The molecule has 1 heterocycles. The Kier molecular flexibility index (Phi) is 7.53. The lowest BCUT2D eigenvalue weighted by molar-refractivity contribution is -0.160. The van der Waals surface area contributed by atoms with Gasteiger partial charge in [0.05, 0.1) is 13.7 Å². The fourth-order valence-electron chi connectivity index (χ4n) is 4.92. The van der Waals surface area contributed by atoms with Crippen LogP contribution in [0.3, 0.4) is 0 Å². The number of hydrogen-bond acceptors (Lipinski definition) is 4. The van der Waals surface area contributed by atoms with E-state index in [1.165, 1.54) is 6.42 Å². The van der Waals surface area contributed by atoms with Crippen LogP contribution in [-0.4, -0.2) is 47.9 Å². The van der Waals surface area contributed by atoms with Crippen molar-refractivity contribution in [2.45, 2.75) is 64.1 Å². The van der Waals surface area contributed by atoms with Gasteiger partial charge in [0.2, 0.25) is 5.91 Å². The van der Waals surface area contributed by atoms with Crippen LogP contribution in [0.2, 0.25) is 0 Å². The first-order valence-corrected chi connectivity index (χ1v) is 12.1. The fraction of sp³-hybridized carbons (Fsp3) is 0.481. The zero-order valence-electron chi connectivity index (χ0n) is 19.7. The van der Waals surface area contributed by atoms with E-state index in [9.17, 15) is 9.59 Å². The molecule has 2 aromatic carbocycles. The zero-order chi connectivity index (χ0) is 23.2. The van der Waals surface area contributed by atoms with Gasteiger partial charge in [-0.2, -0.15) is 0 Å². The van der Waals surface area contributed by atoms with Crippen molar-refractivity contribution in [1.29, 1.82) is 0 Å². The molecule has 0 N–H and O–H groups in total. The summed E-state index contributed by atoms with van der Waals surface area (Å²) in [5.41, 5.74) is 1.76. The van der Waals surface area contributed by atoms with E-state index in [4.69, 9.17) is 9.47 Å². The second-order valence-electron chi connectivity index (χ2n) is 8.93. The number of nitrogens with zero attached hydrogens (tertiary/aromatic N) is 2. The van der Waals surface area contributed by atoms with Crippen LogP contribution in [0.4, 0.5) is 0 Å². The summed E-state index contributed by atoms with van der Waals surface area (Å²) in [5.74, 6) is 1.22. The van der Waals surface area contributed by atoms with Gasteiger partial charge in [0.15, 0.2) is 11.5 Å². The van der Waals surface area contributed by atoms with Crippen LogP contribution in [0.1, 0.15) is 62.6 Å². The molecule has 4 rings (SSSR count). The molecule has 2 aliphatic rings. The van der Waals surface area contributed by atoms with Gasteiger partial charge in [0.1, 0.15) is 12.6 Å². The van der Waals surface area contributed by atoms with Crippen LogP contribution >= 0.6 is 0 Å². The molecule has 1 saturated carbocycles. The SMILES string of the molecule is CCCOc1ccc([C@H]2C(=O)N(C3CCCCC3)CC(=O)N2Cc2ccccc2)cc1OC. The van der Waals surface area contributed by atoms with Gasteiger partial charge in [-0.1, -0.05) is 62.6 Å². The van der Waals surface area contributed by atoms with Crippen molar-refractivity contribution in [2.75, 3.05) is 20.3 Å². The quantitative estimate of drug-likeness (QED) is 0.583. The molecule has 0 spiro atoms. The monoisotopic (exact) mass is 450 g/mol. The topological polar surface area (TPSA) is 59.1 Å². The van der Waals surface area contributed by atoms with Crippen LogP contribution in [-0.2, 0) is 16.1 Å². The number of benzene rings is 2. The van der Waals surface area contributed by atoms with E-state index in [1.54, 1.807) is 12.0 Å². The maximum Gasteiger partial charge on any atom is 0.250 e. The molecule has 1 atom stereocenters. The van der Waals surface area contributed by atoms with Crippen molar-refractivity contribution in [2.24, 2.45) is 0 Å². The summed E-state index contributed by atoms with van der Waals surface area (Å²) in [4.78, 5) is 30.9. The smallest absolute Gasteiger partial charge is 0.250 e.